The Morgan fingerprint density at radius 2 is 1.22 bits per heavy atom. The monoisotopic (exact) mass is 719 g/mol. The van der Waals surface area contributed by atoms with Crippen molar-refractivity contribution in [3.63, 3.8) is 0 Å². The van der Waals surface area contributed by atoms with E-state index in [4.69, 9.17) is 18.0 Å². The minimum atomic E-state index is -4.56. The Labute approximate surface area is 289 Å². The van der Waals surface area contributed by atoms with Gasteiger partial charge in [0.15, 0.2) is 11.6 Å². The Kier molecular flexibility index (Phi) is 6.92. The first-order valence-corrected chi connectivity index (χ1v) is 18.9. The summed E-state index contributed by atoms with van der Waals surface area (Å²) in [6, 6.07) is 30.9. The molecule has 8 aromatic rings. The summed E-state index contributed by atoms with van der Waals surface area (Å²) in [6.07, 6.45) is 3.17. The topological polar surface area (TPSA) is 161 Å². The molecule has 0 unspecified atom stereocenters. The molecule has 1 aliphatic rings. The highest BCUT2D eigenvalue weighted by Gasteiger charge is 2.32. The van der Waals surface area contributed by atoms with E-state index in [-0.39, 0.29) is 17.2 Å². The molecule has 254 valence electrons. The van der Waals surface area contributed by atoms with Crippen molar-refractivity contribution in [2.45, 2.75) is 5.75 Å². The van der Waals surface area contributed by atoms with Gasteiger partial charge in [0.25, 0.3) is 20.2 Å². The molecule has 0 saturated heterocycles. The fraction of sp³-hybridized carbons (Fsp3) is 0.0526. The number of para-hydroxylation sites is 2. The van der Waals surface area contributed by atoms with Gasteiger partial charge in [-0.15, -0.1) is 0 Å². The van der Waals surface area contributed by atoms with Crippen molar-refractivity contribution in [3.05, 3.63) is 132 Å². The van der Waals surface area contributed by atoms with Gasteiger partial charge in [-0.05, 0) is 47.5 Å². The van der Waals surface area contributed by atoms with Crippen LogP contribution in [-0.2, 0) is 26.0 Å². The van der Waals surface area contributed by atoms with Gasteiger partial charge in [0.2, 0.25) is 5.88 Å². The summed E-state index contributed by atoms with van der Waals surface area (Å²) in [7, 11) is -9.09. The molecular weight excluding hydrogens is 695 g/mol. The third-order valence-corrected chi connectivity index (χ3v) is 10.1. The van der Waals surface area contributed by atoms with Crippen LogP contribution in [-0.4, -0.2) is 31.8 Å². The lowest BCUT2D eigenvalue weighted by Crippen LogP contribution is -2.27. The quantitative estimate of drug-likeness (QED) is 0.152. The summed E-state index contributed by atoms with van der Waals surface area (Å²) in [4.78, 5) is 1.31. The molecule has 51 heavy (non-hydrogen) atoms. The molecule has 1 aliphatic heterocycles. The van der Waals surface area contributed by atoms with E-state index in [2.05, 4.69) is 0 Å². The molecule has 0 atom stereocenters. The number of furan rings is 3. The lowest BCUT2D eigenvalue weighted by molar-refractivity contribution is 0.437. The van der Waals surface area contributed by atoms with Gasteiger partial charge in [-0.25, -0.2) is 0 Å². The van der Waals surface area contributed by atoms with Gasteiger partial charge in [-0.3, -0.25) is 14.0 Å². The zero-order valence-electron chi connectivity index (χ0n) is 26.3. The zero-order chi connectivity index (χ0) is 35.1. The van der Waals surface area contributed by atoms with E-state index in [1.165, 1.54) is 4.90 Å². The fourth-order valence-corrected chi connectivity index (χ4v) is 7.92. The van der Waals surface area contributed by atoms with E-state index in [0.29, 0.717) is 55.9 Å². The Hall–Kier alpha value is -5.86. The van der Waals surface area contributed by atoms with Gasteiger partial charge in [0, 0.05) is 44.6 Å². The molecule has 11 nitrogen and oxygen atoms in total. The summed E-state index contributed by atoms with van der Waals surface area (Å²) < 4.78 is 94.0. The Bertz CT molecular complexity index is 3010. The summed E-state index contributed by atoms with van der Waals surface area (Å²) in [6.45, 7) is 0. The van der Waals surface area contributed by atoms with Crippen molar-refractivity contribution >= 4 is 92.4 Å². The van der Waals surface area contributed by atoms with Crippen LogP contribution < -0.4 is 9.64 Å². The first kappa shape index (κ1) is 31.1. The molecule has 0 saturated carbocycles. The molecule has 0 amide bonds. The van der Waals surface area contributed by atoms with Crippen LogP contribution in [0.3, 0.4) is 0 Å². The second-order valence-corrected chi connectivity index (χ2v) is 15.1. The van der Waals surface area contributed by atoms with E-state index in [0.717, 1.165) is 21.5 Å². The van der Waals surface area contributed by atoms with Crippen LogP contribution in [0.5, 0.6) is 5.75 Å². The summed E-state index contributed by atoms with van der Waals surface area (Å²) in [5.41, 5.74) is 4.31. The first-order chi connectivity index (χ1) is 24.5. The number of rotatable bonds is 7. The average Bonchev–Trinajstić information content (AvgIpc) is 3.82. The second-order valence-electron chi connectivity index (χ2n) is 12.2. The van der Waals surface area contributed by atoms with Crippen LogP contribution in [0.15, 0.2) is 128 Å². The maximum atomic E-state index is 12.3. The van der Waals surface area contributed by atoms with Crippen molar-refractivity contribution in [2.24, 2.45) is 0 Å². The maximum Gasteiger partial charge on any atom is 0.283 e. The molecule has 0 fully saturated rings. The highest BCUT2D eigenvalue weighted by atomic mass is 32.2. The third-order valence-electron chi connectivity index (χ3n) is 8.84. The molecule has 2 N–H and O–H groups in total. The largest absolute Gasteiger partial charge is 0.456 e. The SMILES string of the molecule is O=S(=O)(O)Cc1c(/C=C(/C=C2\Oc3cc4c(cc3N2CS(=O)(=O)O)oc2ccccc24)c2ccccc2)oc2cc3c(cc12)oc1ccccc13. The minimum absolute atomic E-state index is 0.0612. The number of nitrogens with zero attached hydrogens (tertiary/aromatic N) is 1. The van der Waals surface area contributed by atoms with E-state index < -0.39 is 31.9 Å². The molecule has 13 heteroatoms. The standard InChI is InChI=1S/C38H25NO10S2/c40-50(41,42)20-29-28-17-34-26(24-10-4-6-12-31(24)46-34)16-35(28)48-33(29)14-23(22-8-2-1-3-9-22)15-38-39(21-51(43,44)45)30-19-36-27(18-37(30)49-38)25-11-5-7-13-32(25)47-36/h1-19H,20-21H2,(H,40,41,42)(H,43,44,45)/b23-14-,38-15-. The minimum Gasteiger partial charge on any atom is -0.456 e. The van der Waals surface area contributed by atoms with Gasteiger partial charge in [-0.1, -0.05) is 66.7 Å². The highest BCUT2D eigenvalue weighted by Crippen LogP contribution is 2.45. The number of allylic oxidation sites excluding steroid dienone is 2. The summed E-state index contributed by atoms with van der Waals surface area (Å²) in [5.74, 6) is -1.05. The van der Waals surface area contributed by atoms with Crippen LogP contribution in [0.1, 0.15) is 16.9 Å². The van der Waals surface area contributed by atoms with Crippen molar-refractivity contribution in [2.75, 3.05) is 10.8 Å². The Morgan fingerprint density at radius 3 is 1.88 bits per heavy atom. The van der Waals surface area contributed by atoms with Crippen LogP contribution in [0, 0.1) is 0 Å². The van der Waals surface area contributed by atoms with Gasteiger partial charge in [-0.2, -0.15) is 16.8 Å². The third kappa shape index (κ3) is 5.62. The van der Waals surface area contributed by atoms with Crippen molar-refractivity contribution in [1.29, 1.82) is 0 Å². The number of benzene rings is 5. The fourth-order valence-electron chi connectivity index (χ4n) is 6.67. The van der Waals surface area contributed by atoms with Crippen LogP contribution in [0.2, 0.25) is 0 Å². The number of anilines is 1. The molecule has 3 aromatic heterocycles. The molecule has 0 bridgehead atoms. The summed E-state index contributed by atoms with van der Waals surface area (Å²) in [5, 5.41) is 3.65. The van der Waals surface area contributed by atoms with Crippen LogP contribution in [0.25, 0.3) is 66.5 Å². The van der Waals surface area contributed by atoms with Crippen molar-refractivity contribution in [1.82, 2.24) is 0 Å². The smallest absolute Gasteiger partial charge is 0.283 e. The van der Waals surface area contributed by atoms with Crippen molar-refractivity contribution < 1.29 is 43.9 Å². The zero-order valence-corrected chi connectivity index (χ0v) is 27.9. The molecule has 9 rings (SSSR count). The molecule has 0 spiro atoms. The van der Waals surface area contributed by atoms with Gasteiger partial charge in [0.05, 0.1) is 5.69 Å². The van der Waals surface area contributed by atoms with E-state index in [9.17, 15) is 25.9 Å². The molecule has 0 aliphatic carbocycles. The first-order valence-electron chi connectivity index (χ1n) is 15.6. The van der Waals surface area contributed by atoms with E-state index >= 15 is 0 Å². The Morgan fingerprint density at radius 1 is 0.627 bits per heavy atom. The number of ether oxygens (including phenoxy) is 1. The molecular formula is C38H25NO10S2. The number of hydrogen-bond donors (Lipinski definition) is 2. The van der Waals surface area contributed by atoms with E-state index in [1.54, 1.807) is 48.6 Å². The number of hydrogen-bond acceptors (Lipinski definition) is 9. The number of fused-ring (bicyclic) bond motifs is 8. The molecule has 5 aromatic carbocycles. The van der Waals surface area contributed by atoms with Crippen molar-refractivity contribution in [3.8, 4) is 5.75 Å². The normalized spacial score (nSPS) is 14.8. The van der Waals surface area contributed by atoms with Crippen LogP contribution in [0.4, 0.5) is 5.69 Å². The van der Waals surface area contributed by atoms with Gasteiger partial charge >= 0.3 is 0 Å². The molecule has 0 radical (unpaired) electrons. The second kappa shape index (κ2) is 11.3. The summed E-state index contributed by atoms with van der Waals surface area (Å²) >= 11 is 0. The van der Waals surface area contributed by atoms with Gasteiger partial charge < -0.3 is 18.0 Å². The van der Waals surface area contributed by atoms with Gasteiger partial charge in [0.1, 0.15) is 39.4 Å². The van der Waals surface area contributed by atoms with Crippen LogP contribution >= 0.6 is 0 Å². The van der Waals surface area contributed by atoms with E-state index in [1.807, 2.05) is 66.7 Å². The predicted octanol–water partition coefficient (Wildman–Crippen LogP) is 8.75. The predicted molar refractivity (Wildman–Crippen MR) is 194 cm³/mol. The highest BCUT2D eigenvalue weighted by molar-refractivity contribution is 7.85. The lowest BCUT2D eigenvalue weighted by Gasteiger charge is -2.17. The average molecular weight is 720 g/mol. The molecule has 4 heterocycles. The maximum absolute atomic E-state index is 12.3. The Balaban J connectivity index is 1.24. The lowest BCUT2D eigenvalue weighted by atomic mass is 10.0.